The van der Waals surface area contributed by atoms with Gasteiger partial charge < -0.3 is 15.0 Å². The summed E-state index contributed by atoms with van der Waals surface area (Å²) in [6.45, 7) is -0.443. The number of rotatable bonds is 9. The summed E-state index contributed by atoms with van der Waals surface area (Å²) in [5, 5.41) is 2.70. The van der Waals surface area contributed by atoms with Crippen LogP contribution in [0.5, 0.6) is 0 Å². The molecule has 0 aliphatic rings. The van der Waals surface area contributed by atoms with E-state index in [9.17, 15) is 31.2 Å². The predicted octanol–water partition coefficient (Wildman–Crippen LogP) is 5.38. The lowest BCUT2D eigenvalue weighted by Crippen LogP contribution is -2.37. The van der Waals surface area contributed by atoms with Crippen LogP contribution in [0.2, 0.25) is 10.0 Å². The minimum atomic E-state index is -4.62. The van der Waals surface area contributed by atoms with Gasteiger partial charge in [0, 0.05) is 19.2 Å². The molecule has 1 aromatic heterocycles. The number of nitrogens with zero attached hydrogens (tertiary/aromatic N) is 3. The van der Waals surface area contributed by atoms with Crippen LogP contribution in [0.4, 0.5) is 29.3 Å². The van der Waals surface area contributed by atoms with Gasteiger partial charge in [-0.05, 0) is 48.0 Å². The Kier molecular flexibility index (Phi) is 9.87. The van der Waals surface area contributed by atoms with Gasteiger partial charge in [0.05, 0.1) is 47.0 Å². The van der Waals surface area contributed by atoms with Gasteiger partial charge in [-0.2, -0.15) is 13.2 Å². The molecule has 0 spiro atoms. The molecule has 1 heterocycles. The predicted molar refractivity (Wildman–Crippen MR) is 145 cm³/mol. The Bertz CT molecular complexity index is 1470. The maximum absolute atomic E-state index is 13.3. The van der Waals surface area contributed by atoms with Crippen molar-refractivity contribution >= 4 is 56.6 Å². The number of hydrogen-bond donors (Lipinski definition) is 1. The third-order valence-electron chi connectivity index (χ3n) is 5.63. The SMILES string of the molecule is COC(=O)NCCS(=O)(=O)N(Cc1cccc(Cl)c1Cl)c1ccc(C(=O)N(C)c2ccc(C(F)(F)F)nc2)cc1. The molecule has 9 nitrogen and oxygen atoms in total. The van der Waals surface area contributed by atoms with E-state index < -0.39 is 39.6 Å². The molecule has 40 heavy (non-hydrogen) atoms. The Balaban J connectivity index is 1.88. The van der Waals surface area contributed by atoms with E-state index >= 15 is 0 Å². The van der Waals surface area contributed by atoms with Crippen molar-refractivity contribution in [1.82, 2.24) is 10.3 Å². The number of benzene rings is 2. The second kappa shape index (κ2) is 12.7. The van der Waals surface area contributed by atoms with E-state index in [1.54, 1.807) is 18.2 Å². The highest BCUT2D eigenvalue weighted by atomic mass is 35.5. The van der Waals surface area contributed by atoms with E-state index in [1.165, 1.54) is 31.3 Å². The quantitative estimate of drug-likeness (QED) is 0.345. The number of carbonyl (C=O) groups excluding carboxylic acids is 2. The summed E-state index contributed by atoms with van der Waals surface area (Å²) < 4.78 is 70.5. The summed E-state index contributed by atoms with van der Waals surface area (Å²) in [6.07, 6.45) is -4.48. The molecular formula is C25H23Cl2F3N4O5S. The first-order chi connectivity index (χ1) is 18.7. The zero-order valence-electron chi connectivity index (χ0n) is 21.1. The van der Waals surface area contributed by atoms with E-state index in [0.717, 1.165) is 34.6 Å². The average molecular weight is 619 g/mol. The summed E-state index contributed by atoms with van der Waals surface area (Å²) >= 11 is 12.4. The molecule has 0 saturated heterocycles. The third kappa shape index (κ3) is 7.55. The Labute approximate surface area is 238 Å². The van der Waals surface area contributed by atoms with Crippen molar-refractivity contribution in [2.75, 3.05) is 35.7 Å². The van der Waals surface area contributed by atoms with Crippen molar-refractivity contribution in [3.05, 3.63) is 87.7 Å². The highest BCUT2D eigenvalue weighted by molar-refractivity contribution is 7.92. The summed E-state index contributed by atoms with van der Waals surface area (Å²) in [4.78, 5) is 28.8. The number of nitrogens with one attached hydrogen (secondary N) is 1. The zero-order chi connectivity index (χ0) is 29.7. The Hall–Kier alpha value is -3.55. The fraction of sp³-hybridized carbons (Fsp3) is 0.240. The second-order valence-electron chi connectivity index (χ2n) is 8.26. The smallest absolute Gasteiger partial charge is 0.433 e. The van der Waals surface area contributed by atoms with Crippen molar-refractivity contribution in [2.45, 2.75) is 12.7 Å². The van der Waals surface area contributed by atoms with E-state index in [2.05, 4.69) is 15.0 Å². The summed E-state index contributed by atoms with van der Waals surface area (Å²) in [5.74, 6) is -1.05. The topological polar surface area (TPSA) is 109 Å². The van der Waals surface area contributed by atoms with Gasteiger partial charge in [-0.15, -0.1) is 0 Å². The maximum atomic E-state index is 13.3. The zero-order valence-corrected chi connectivity index (χ0v) is 23.4. The number of halogens is 5. The summed E-state index contributed by atoms with van der Waals surface area (Å²) in [7, 11) is -1.54. The molecule has 2 amide bonds. The molecule has 3 aromatic rings. The number of sulfonamides is 1. The number of aromatic nitrogens is 1. The first-order valence-corrected chi connectivity index (χ1v) is 13.8. The van der Waals surface area contributed by atoms with E-state index in [1.807, 2.05) is 0 Å². The number of ether oxygens (including phenoxy) is 1. The molecule has 214 valence electrons. The van der Waals surface area contributed by atoms with Crippen LogP contribution in [-0.4, -0.2) is 51.9 Å². The first-order valence-electron chi connectivity index (χ1n) is 11.4. The lowest BCUT2D eigenvalue weighted by molar-refractivity contribution is -0.141. The molecule has 15 heteroatoms. The van der Waals surface area contributed by atoms with E-state index in [0.29, 0.717) is 5.56 Å². The molecule has 0 bridgehead atoms. The van der Waals surface area contributed by atoms with Gasteiger partial charge in [-0.3, -0.25) is 9.10 Å². The maximum Gasteiger partial charge on any atom is 0.433 e. The van der Waals surface area contributed by atoms with Gasteiger partial charge in [0.1, 0.15) is 5.69 Å². The number of carbonyl (C=O) groups is 2. The lowest BCUT2D eigenvalue weighted by Gasteiger charge is -2.26. The van der Waals surface area contributed by atoms with E-state index in [-0.39, 0.29) is 40.1 Å². The minimum absolute atomic E-state index is 0.125. The summed E-state index contributed by atoms with van der Waals surface area (Å²) in [6, 6.07) is 12.2. The molecule has 0 aliphatic carbocycles. The number of amides is 2. The van der Waals surface area contributed by atoms with Crippen LogP contribution >= 0.6 is 23.2 Å². The normalized spacial score (nSPS) is 11.6. The average Bonchev–Trinajstić information content (AvgIpc) is 2.92. The largest absolute Gasteiger partial charge is 0.453 e. The van der Waals surface area contributed by atoms with Crippen LogP contribution in [0.25, 0.3) is 0 Å². The van der Waals surface area contributed by atoms with Gasteiger partial charge in [0.25, 0.3) is 5.91 Å². The van der Waals surface area contributed by atoms with Crippen molar-refractivity contribution in [1.29, 1.82) is 0 Å². The van der Waals surface area contributed by atoms with Gasteiger partial charge in [-0.25, -0.2) is 18.2 Å². The van der Waals surface area contributed by atoms with Gasteiger partial charge in [0.2, 0.25) is 10.0 Å². The first kappa shape index (κ1) is 31.0. The Morgan fingerprint density at radius 1 is 1.02 bits per heavy atom. The molecular weight excluding hydrogens is 596 g/mol. The molecule has 0 aliphatic heterocycles. The Morgan fingerprint density at radius 3 is 2.25 bits per heavy atom. The summed E-state index contributed by atoms with van der Waals surface area (Å²) in [5.41, 5.74) is -0.237. The van der Waals surface area contributed by atoms with Crippen LogP contribution in [0.3, 0.4) is 0 Å². The van der Waals surface area contributed by atoms with Crippen LogP contribution in [0.1, 0.15) is 21.6 Å². The highest BCUT2D eigenvalue weighted by Gasteiger charge is 2.32. The van der Waals surface area contributed by atoms with Gasteiger partial charge in [0.15, 0.2) is 0 Å². The fourth-order valence-corrected chi connectivity index (χ4v) is 5.21. The van der Waals surface area contributed by atoms with Gasteiger partial charge >= 0.3 is 12.3 Å². The second-order valence-corrected chi connectivity index (χ2v) is 11.1. The monoisotopic (exact) mass is 618 g/mol. The fourth-order valence-electron chi connectivity index (χ4n) is 3.47. The standard InChI is InChI=1S/C25H23Cl2F3N4O5S/c1-33(19-10-11-21(32-14-19)25(28,29)30)23(35)16-6-8-18(9-7-16)34(15-17-4-3-5-20(26)22(17)27)40(37,38)13-12-31-24(36)39-2/h3-11,14H,12-13,15H2,1-2H3,(H,31,36). The molecule has 0 saturated carbocycles. The molecule has 0 fully saturated rings. The number of anilines is 2. The highest BCUT2D eigenvalue weighted by Crippen LogP contribution is 2.31. The molecule has 3 rings (SSSR count). The number of pyridine rings is 1. The van der Waals surface area contributed by atoms with Crippen LogP contribution in [0.15, 0.2) is 60.8 Å². The van der Waals surface area contributed by atoms with E-state index in [4.69, 9.17) is 23.2 Å². The third-order valence-corrected chi connectivity index (χ3v) is 8.22. The van der Waals surface area contributed by atoms with Crippen LogP contribution < -0.4 is 14.5 Å². The molecule has 0 unspecified atom stereocenters. The molecule has 1 N–H and O–H groups in total. The number of alkyl carbamates (subject to hydrolysis) is 1. The molecule has 2 aromatic carbocycles. The minimum Gasteiger partial charge on any atom is -0.453 e. The Morgan fingerprint density at radius 2 is 1.68 bits per heavy atom. The van der Waals surface area contributed by atoms with Crippen LogP contribution in [-0.2, 0) is 27.5 Å². The number of alkyl halides is 3. The molecule has 0 radical (unpaired) electrons. The van der Waals surface area contributed by atoms with Crippen molar-refractivity contribution < 1.29 is 35.9 Å². The van der Waals surface area contributed by atoms with Crippen molar-refractivity contribution in [3.63, 3.8) is 0 Å². The lowest BCUT2D eigenvalue weighted by atomic mass is 10.1. The van der Waals surface area contributed by atoms with Crippen LogP contribution in [0, 0.1) is 0 Å². The van der Waals surface area contributed by atoms with Gasteiger partial charge in [-0.1, -0.05) is 35.3 Å². The number of methoxy groups -OCH3 is 1. The number of hydrogen-bond acceptors (Lipinski definition) is 6. The molecule has 0 atom stereocenters. The van der Waals surface area contributed by atoms with Crippen molar-refractivity contribution in [2.24, 2.45) is 0 Å². The van der Waals surface area contributed by atoms with Crippen molar-refractivity contribution in [3.8, 4) is 0 Å².